The summed E-state index contributed by atoms with van der Waals surface area (Å²) in [6.45, 7) is 2.50. The number of nitrogen functional groups attached to an aromatic ring is 1. The fourth-order valence-corrected chi connectivity index (χ4v) is 2.84. The summed E-state index contributed by atoms with van der Waals surface area (Å²) in [4.78, 5) is 22.9. The van der Waals surface area contributed by atoms with Gasteiger partial charge in [-0.05, 0) is 36.6 Å². The Labute approximate surface area is 173 Å². The first-order chi connectivity index (χ1) is 14.4. The van der Waals surface area contributed by atoms with Crippen LogP contribution in [0.3, 0.4) is 0 Å². The average Bonchev–Trinajstić information content (AvgIpc) is 2.73. The van der Waals surface area contributed by atoms with Crippen molar-refractivity contribution in [3.05, 3.63) is 69.8 Å². The van der Waals surface area contributed by atoms with Crippen molar-refractivity contribution < 1.29 is 9.66 Å². The molecule has 0 saturated carbocycles. The van der Waals surface area contributed by atoms with Gasteiger partial charge in [0.1, 0.15) is 5.75 Å². The van der Waals surface area contributed by atoms with Gasteiger partial charge in [-0.1, -0.05) is 24.3 Å². The predicted octanol–water partition coefficient (Wildman–Crippen LogP) is 3.20. The first-order valence-corrected chi connectivity index (χ1v) is 9.34. The average molecular weight is 409 g/mol. The van der Waals surface area contributed by atoms with E-state index in [0.717, 1.165) is 23.3 Å². The summed E-state index contributed by atoms with van der Waals surface area (Å²) in [6, 6.07) is 13.9. The fraction of sp³-hybridized carbons (Fsp3) is 0.250. The van der Waals surface area contributed by atoms with E-state index >= 15 is 0 Å². The Kier molecular flexibility index (Phi) is 6.58. The molecule has 0 unspecified atom stereocenters. The van der Waals surface area contributed by atoms with Gasteiger partial charge in [0.2, 0.25) is 17.8 Å². The Balaban J connectivity index is 1.62. The van der Waals surface area contributed by atoms with Gasteiger partial charge in [-0.2, -0.15) is 15.0 Å². The summed E-state index contributed by atoms with van der Waals surface area (Å²) in [7, 11) is 1.64. The lowest BCUT2D eigenvalue weighted by molar-refractivity contribution is -0.384. The highest BCUT2D eigenvalue weighted by Crippen LogP contribution is 2.21. The highest BCUT2D eigenvalue weighted by molar-refractivity contribution is 5.43. The third-order valence-electron chi connectivity index (χ3n) is 4.43. The monoisotopic (exact) mass is 409 g/mol. The molecule has 0 saturated heterocycles. The quantitative estimate of drug-likeness (QED) is 0.359. The molecule has 0 aliphatic carbocycles. The smallest absolute Gasteiger partial charge is 0.269 e. The van der Waals surface area contributed by atoms with Crippen LogP contribution >= 0.6 is 0 Å². The van der Waals surface area contributed by atoms with Gasteiger partial charge in [-0.25, -0.2) is 0 Å². The van der Waals surface area contributed by atoms with Crippen molar-refractivity contribution in [3.63, 3.8) is 0 Å². The summed E-state index contributed by atoms with van der Waals surface area (Å²) < 4.78 is 5.23. The third kappa shape index (κ3) is 5.53. The van der Waals surface area contributed by atoms with Crippen LogP contribution in [-0.2, 0) is 6.42 Å². The molecule has 156 valence electrons. The molecule has 3 rings (SSSR count). The predicted molar refractivity (Wildman–Crippen MR) is 115 cm³/mol. The molecule has 3 aromatic rings. The van der Waals surface area contributed by atoms with E-state index in [1.54, 1.807) is 19.2 Å². The minimum absolute atomic E-state index is 0.0397. The second kappa shape index (κ2) is 9.50. The summed E-state index contributed by atoms with van der Waals surface area (Å²) in [6.07, 6.45) is 0.755. The molecule has 0 aliphatic rings. The summed E-state index contributed by atoms with van der Waals surface area (Å²) in [5.41, 5.74) is 7.83. The highest BCUT2D eigenvalue weighted by Gasteiger charge is 2.12. The molecule has 0 fully saturated rings. The lowest BCUT2D eigenvalue weighted by atomic mass is 10.1. The Hall–Kier alpha value is -3.95. The van der Waals surface area contributed by atoms with E-state index in [4.69, 9.17) is 10.5 Å². The maximum Gasteiger partial charge on any atom is 0.269 e. The molecule has 1 aromatic heterocycles. The van der Waals surface area contributed by atoms with E-state index in [-0.39, 0.29) is 17.7 Å². The van der Waals surface area contributed by atoms with E-state index < -0.39 is 4.92 Å². The normalized spacial score (nSPS) is 11.5. The third-order valence-corrected chi connectivity index (χ3v) is 4.43. The molecular weight excluding hydrogens is 386 g/mol. The topological polar surface area (TPSA) is 141 Å². The Morgan fingerprint density at radius 2 is 1.87 bits per heavy atom. The lowest BCUT2D eigenvalue weighted by Crippen LogP contribution is -2.14. The summed E-state index contributed by atoms with van der Waals surface area (Å²) in [5.74, 6) is 1.58. The van der Waals surface area contributed by atoms with Gasteiger partial charge in [0.25, 0.3) is 5.69 Å². The molecule has 30 heavy (non-hydrogen) atoms. The molecule has 0 aliphatic heterocycles. The van der Waals surface area contributed by atoms with Gasteiger partial charge >= 0.3 is 0 Å². The van der Waals surface area contributed by atoms with Crippen LogP contribution in [0.2, 0.25) is 0 Å². The molecule has 0 spiro atoms. The number of nitro groups is 1. The van der Waals surface area contributed by atoms with Crippen molar-refractivity contribution in [1.29, 1.82) is 0 Å². The Morgan fingerprint density at radius 1 is 1.13 bits per heavy atom. The molecule has 10 heteroatoms. The van der Waals surface area contributed by atoms with Crippen LogP contribution in [0.25, 0.3) is 0 Å². The van der Waals surface area contributed by atoms with Gasteiger partial charge in [-0.15, -0.1) is 0 Å². The number of non-ortho nitro benzene ring substituents is 1. The molecule has 10 nitrogen and oxygen atoms in total. The molecule has 4 N–H and O–H groups in total. The molecule has 2 aromatic carbocycles. The van der Waals surface area contributed by atoms with Gasteiger partial charge in [-0.3, -0.25) is 10.1 Å². The van der Waals surface area contributed by atoms with E-state index in [2.05, 4.69) is 25.6 Å². The second-order valence-corrected chi connectivity index (χ2v) is 6.58. The SMILES string of the molecule is COc1cccc(CCNc2nc(N)nc(N[C@@H](C)c3ccc([N+](=O)[O-])cc3)n2)c1. The van der Waals surface area contributed by atoms with Crippen molar-refractivity contribution in [2.75, 3.05) is 30.0 Å². The molecular formula is C20H23N7O3. The number of methoxy groups -OCH3 is 1. The summed E-state index contributed by atoms with van der Waals surface area (Å²) in [5, 5.41) is 17.1. The molecule has 0 bridgehead atoms. The zero-order valence-corrected chi connectivity index (χ0v) is 16.7. The number of hydrogen-bond donors (Lipinski definition) is 3. The van der Waals surface area contributed by atoms with Gasteiger partial charge in [0, 0.05) is 18.7 Å². The van der Waals surface area contributed by atoms with Crippen LogP contribution in [0.4, 0.5) is 23.5 Å². The number of nitrogens with zero attached hydrogens (tertiary/aromatic N) is 4. The first kappa shape index (κ1) is 20.8. The minimum Gasteiger partial charge on any atom is -0.497 e. The summed E-state index contributed by atoms with van der Waals surface area (Å²) >= 11 is 0. The fourth-order valence-electron chi connectivity index (χ4n) is 2.84. The first-order valence-electron chi connectivity index (χ1n) is 9.34. The standard InChI is InChI=1S/C20H23N7O3/c1-13(15-6-8-16(9-7-15)27(28)29)23-20-25-18(21)24-19(26-20)22-11-10-14-4-3-5-17(12-14)30-2/h3-9,12-13H,10-11H2,1-2H3,(H4,21,22,23,24,25,26)/t13-/m0/s1. The number of nitrogens with two attached hydrogens (primary N) is 1. The van der Waals surface area contributed by atoms with Gasteiger partial charge < -0.3 is 21.1 Å². The zero-order valence-electron chi connectivity index (χ0n) is 16.7. The Morgan fingerprint density at radius 3 is 2.57 bits per heavy atom. The Bertz CT molecular complexity index is 1010. The van der Waals surface area contributed by atoms with E-state index in [1.165, 1.54) is 12.1 Å². The number of anilines is 3. The van der Waals surface area contributed by atoms with Crippen molar-refractivity contribution in [2.45, 2.75) is 19.4 Å². The molecule has 0 amide bonds. The van der Waals surface area contributed by atoms with Crippen molar-refractivity contribution >= 4 is 23.5 Å². The number of nitrogens with one attached hydrogen (secondary N) is 2. The van der Waals surface area contributed by atoms with Gasteiger partial charge in [0.15, 0.2) is 0 Å². The maximum atomic E-state index is 10.8. The number of ether oxygens (including phenoxy) is 1. The number of rotatable bonds is 9. The van der Waals surface area contributed by atoms with Crippen LogP contribution in [0, 0.1) is 10.1 Å². The van der Waals surface area contributed by atoms with Crippen LogP contribution in [0.5, 0.6) is 5.75 Å². The molecule has 1 heterocycles. The molecule has 1 atom stereocenters. The number of benzene rings is 2. The largest absolute Gasteiger partial charge is 0.497 e. The van der Waals surface area contributed by atoms with Crippen LogP contribution < -0.4 is 21.1 Å². The van der Waals surface area contributed by atoms with E-state index in [1.807, 2.05) is 31.2 Å². The molecule has 0 radical (unpaired) electrons. The van der Waals surface area contributed by atoms with Crippen LogP contribution in [0.15, 0.2) is 48.5 Å². The zero-order chi connectivity index (χ0) is 21.5. The highest BCUT2D eigenvalue weighted by atomic mass is 16.6. The lowest BCUT2D eigenvalue weighted by Gasteiger charge is -2.15. The second-order valence-electron chi connectivity index (χ2n) is 6.58. The van der Waals surface area contributed by atoms with Crippen molar-refractivity contribution in [3.8, 4) is 5.75 Å². The van der Waals surface area contributed by atoms with Gasteiger partial charge in [0.05, 0.1) is 18.1 Å². The van der Waals surface area contributed by atoms with Crippen LogP contribution in [-0.4, -0.2) is 33.5 Å². The number of nitro benzene ring substituents is 1. The minimum atomic E-state index is -0.433. The van der Waals surface area contributed by atoms with Crippen LogP contribution in [0.1, 0.15) is 24.1 Å². The van der Waals surface area contributed by atoms with E-state index in [0.29, 0.717) is 18.4 Å². The van der Waals surface area contributed by atoms with Crippen molar-refractivity contribution in [2.24, 2.45) is 0 Å². The maximum absolute atomic E-state index is 10.8. The number of hydrogen-bond acceptors (Lipinski definition) is 9. The van der Waals surface area contributed by atoms with E-state index in [9.17, 15) is 10.1 Å². The van der Waals surface area contributed by atoms with Crippen molar-refractivity contribution in [1.82, 2.24) is 15.0 Å². The number of aromatic nitrogens is 3.